The summed E-state index contributed by atoms with van der Waals surface area (Å²) < 4.78 is 15.8. The number of hydrogen-bond acceptors (Lipinski definition) is 4. The second-order valence-corrected chi connectivity index (χ2v) is 6.98. The number of halogens is 1. The third kappa shape index (κ3) is 2.87. The lowest BCUT2D eigenvalue weighted by Crippen LogP contribution is -2.05. The van der Waals surface area contributed by atoms with E-state index in [4.69, 9.17) is 4.98 Å². The molecular weight excluding hydrogens is 341 g/mol. The van der Waals surface area contributed by atoms with Gasteiger partial charge in [-0.25, -0.2) is 24.0 Å². The van der Waals surface area contributed by atoms with Crippen molar-refractivity contribution in [2.24, 2.45) is 0 Å². The lowest BCUT2D eigenvalue weighted by molar-refractivity contribution is 0.589. The van der Waals surface area contributed by atoms with E-state index in [1.54, 1.807) is 23.0 Å². The standard InChI is InChI=1S/C21H18FN5/c1-13-17(14-8-9-14)11-24-20(25-13)19-16-6-4-10-23-21(16)27(26-19)12-15-5-2-3-7-18(15)22/h2-7,10-11,14H,8-9,12H2,1H3. The van der Waals surface area contributed by atoms with Crippen LogP contribution in [-0.4, -0.2) is 24.7 Å². The quantitative estimate of drug-likeness (QED) is 0.546. The van der Waals surface area contributed by atoms with Gasteiger partial charge in [0, 0.05) is 23.7 Å². The summed E-state index contributed by atoms with van der Waals surface area (Å²) in [4.78, 5) is 13.7. The maximum atomic E-state index is 14.1. The smallest absolute Gasteiger partial charge is 0.180 e. The number of aromatic nitrogens is 5. The van der Waals surface area contributed by atoms with Crippen molar-refractivity contribution >= 4 is 11.0 Å². The predicted molar refractivity (Wildman–Crippen MR) is 101 cm³/mol. The molecule has 5 nitrogen and oxygen atoms in total. The van der Waals surface area contributed by atoms with Gasteiger partial charge in [-0.05, 0) is 49.4 Å². The molecule has 0 radical (unpaired) electrons. The van der Waals surface area contributed by atoms with E-state index in [9.17, 15) is 4.39 Å². The molecule has 0 spiro atoms. The van der Waals surface area contributed by atoms with Gasteiger partial charge in [-0.3, -0.25) is 0 Å². The zero-order valence-electron chi connectivity index (χ0n) is 14.9. The second-order valence-electron chi connectivity index (χ2n) is 6.98. The Labute approximate surface area is 155 Å². The molecule has 1 aliphatic carbocycles. The zero-order valence-corrected chi connectivity index (χ0v) is 14.9. The largest absolute Gasteiger partial charge is 0.242 e. The molecule has 1 fully saturated rings. The minimum Gasteiger partial charge on any atom is -0.242 e. The molecule has 0 bridgehead atoms. The fourth-order valence-electron chi connectivity index (χ4n) is 3.46. The van der Waals surface area contributed by atoms with Crippen molar-refractivity contribution in [3.63, 3.8) is 0 Å². The van der Waals surface area contributed by atoms with Gasteiger partial charge in [-0.1, -0.05) is 18.2 Å². The number of nitrogens with zero attached hydrogens (tertiary/aromatic N) is 5. The molecule has 3 heterocycles. The van der Waals surface area contributed by atoms with Gasteiger partial charge in [-0.2, -0.15) is 5.10 Å². The Bertz CT molecular complexity index is 1150. The second kappa shape index (κ2) is 6.23. The van der Waals surface area contributed by atoms with Crippen LogP contribution in [0.5, 0.6) is 0 Å². The summed E-state index contributed by atoms with van der Waals surface area (Å²) in [5.41, 5.74) is 4.18. The van der Waals surface area contributed by atoms with Crippen molar-refractivity contribution in [1.82, 2.24) is 24.7 Å². The summed E-state index contributed by atoms with van der Waals surface area (Å²) >= 11 is 0. The maximum absolute atomic E-state index is 14.1. The summed E-state index contributed by atoms with van der Waals surface area (Å²) in [6.07, 6.45) is 6.07. The zero-order chi connectivity index (χ0) is 18.4. The molecule has 0 aliphatic heterocycles. The Morgan fingerprint density at radius 1 is 1.11 bits per heavy atom. The molecule has 1 aromatic carbocycles. The van der Waals surface area contributed by atoms with Crippen LogP contribution in [0.15, 0.2) is 48.8 Å². The molecule has 0 atom stereocenters. The Morgan fingerprint density at radius 2 is 1.96 bits per heavy atom. The van der Waals surface area contributed by atoms with E-state index in [2.05, 4.69) is 15.1 Å². The van der Waals surface area contributed by atoms with Crippen molar-refractivity contribution < 1.29 is 4.39 Å². The van der Waals surface area contributed by atoms with Gasteiger partial charge in [0.05, 0.1) is 11.9 Å². The minimum atomic E-state index is -0.250. The fraction of sp³-hybridized carbons (Fsp3) is 0.238. The number of fused-ring (bicyclic) bond motifs is 1. The molecule has 0 unspecified atom stereocenters. The van der Waals surface area contributed by atoms with Gasteiger partial charge in [0.15, 0.2) is 11.5 Å². The van der Waals surface area contributed by atoms with Crippen LogP contribution < -0.4 is 0 Å². The number of hydrogen-bond donors (Lipinski definition) is 0. The molecule has 0 saturated heterocycles. The molecule has 27 heavy (non-hydrogen) atoms. The van der Waals surface area contributed by atoms with E-state index in [-0.39, 0.29) is 5.82 Å². The van der Waals surface area contributed by atoms with Crippen molar-refractivity contribution in [3.05, 3.63) is 71.4 Å². The van der Waals surface area contributed by atoms with Crippen molar-refractivity contribution in [2.45, 2.75) is 32.2 Å². The van der Waals surface area contributed by atoms with Gasteiger partial charge in [0.25, 0.3) is 0 Å². The van der Waals surface area contributed by atoms with Gasteiger partial charge in [0.1, 0.15) is 11.5 Å². The molecule has 1 aliphatic rings. The number of aryl methyl sites for hydroxylation is 1. The highest BCUT2D eigenvalue weighted by Gasteiger charge is 2.27. The SMILES string of the molecule is Cc1nc(-c2nn(Cc3ccccc3F)c3ncccc23)ncc1C1CC1. The summed E-state index contributed by atoms with van der Waals surface area (Å²) in [5.74, 6) is 0.942. The Kier molecular flexibility index (Phi) is 3.70. The minimum absolute atomic E-state index is 0.250. The lowest BCUT2D eigenvalue weighted by atomic mass is 10.1. The van der Waals surface area contributed by atoms with Crippen LogP contribution >= 0.6 is 0 Å². The molecule has 5 rings (SSSR count). The molecule has 134 valence electrons. The average Bonchev–Trinajstić information content (AvgIpc) is 3.46. The average molecular weight is 359 g/mol. The highest BCUT2D eigenvalue weighted by molar-refractivity contribution is 5.89. The van der Waals surface area contributed by atoms with Crippen LogP contribution in [0.1, 0.15) is 35.6 Å². The third-order valence-electron chi connectivity index (χ3n) is 5.03. The van der Waals surface area contributed by atoms with E-state index >= 15 is 0 Å². The molecule has 0 N–H and O–H groups in total. The normalized spacial score (nSPS) is 14.0. The first-order valence-electron chi connectivity index (χ1n) is 9.09. The van der Waals surface area contributed by atoms with Gasteiger partial charge < -0.3 is 0 Å². The van der Waals surface area contributed by atoms with Crippen molar-refractivity contribution in [3.8, 4) is 11.5 Å². The number of pyridine rings is 1. The molecule has 4 aromatic rings. The van der Waals surface area contributed by atoms with Crippen LogP contribution in [0.3, 0.4) is 0 Å². The van der Waals surface area contributed by atoms with Gasteiger partial charge in [0.2, 0.25) is 0 Å². The summed E-state index contributed by atoms with van der Waals surface area (Å²) in [6.45, 7) is 2.33. The third-order valence-corrected chi connectivity index (χ3v) is 5.03. The lowest BCUT2D eigenvalue weighted by Gasteiger charge is -2.05. The molecule has 6 heteroatoms. The Balaban J connectivity index is 1.61. The van der Waals surface area contributed by atoms with Crippen LogP contribution in [0.2, 0.25) is 0 Å². The highest BCUT2D eigenvalue weighted by atomic mass is 19.1. The molecule has 0 amide bonds. The van der Waals surface area contributed by atoms with Gasteiger partial charge in [-0.15, -0.1) is 0 Å². The molecule has 1 saturated carbocycles. The van der Waals surface area contributed by atoms with E-state index in [1.807, 2.05) is 31.3 Å². The molecule has 3 aromatic heterocycles. The molecular formula is C21H18FN5. The van der Waals surface area contributed by atoms with E-state index in [1.165, 1.54) is 24.5 Å². The van der Waals surface area contributed by atoms with E-state index in [0.29, 0.717) is 35.2 Å². The first-order valence-corrected chi connectivity index (χ1v) is 9.09. The maximum Gasteiger partial charge on any atom is 0.180 e. The van der Waals surface area contributed by atoms with Crippen LogP contribution in [0, 0.1) is 12.7 Å². The fourth-order valence-corrected chi connectivity index (χ4v) is 3.46. The Hall–Kier alpha value is -3.15. The van der Waals surface area contributed by atoms with E-state index < -0.39 is 0 Å². The van der Waals surface area contributed by atoms with Crippen molar-refractivity contribution in [1.29, 1.82) is 0 Å². The summed E-state index contributed by atoms with van der Waals surface area (Å²) in [5, 5.41) is 5.56. The summed E-state index contributed by atoms with van der Waals surface area (Å²) in [6, 6.07) is 10.5. The van der Waals surface area contributed by atoms with Crippen LogP contribution in [0.4, 0.5) is 4.39 Å². The monoisotopic (exact) mass is 359 g/mol. The summed E-state index contributed by atoms with van der Waals surface area (Å²) in [7, 11) is 0. The van der Waals surface area contributed by atoms with E-state index in [0.717, 1.165) is 11.1 Å². The Morgan fingerprint density at radius 3 is 2.74 bits per heavy atom. The number of benzene rings is 1. The highest BCUT2D eigenvalue weighted by Crippen LogP contribution is 2.41. The number of rotatable bonds is 4. The topological polar surface area (TPSA) is 56.5 Å². The van der Waals surface area contributed by atoms with Gasteiger partial charge >= 0.3 is 0 Å². The first kappa shape index (κ1) is 16.1. The predicted octanol–water partition coefficient (Wildman–Crippen LogP) is 4.26. The first-order chi connectivity index (χ1) is 13.2. The van der Waals surface area contributed by atoms with Crippen LogP contribution in [-0.2, 0) is 6.54 Å². The van der Waals surface area contributed by atoms with Crippen molar-refractivity contribution in [2.75, 3.05) is 0 Å². The van der Waals surface area contributed by atoms with Crippen LogP contribution in [0.25, 0.3) is 22.6 Å².